The van der Waals surface area contributed by atoms with Crippen molar-refractivity contribution in [3.8, 4) is 5.75 Å². The van der Waals surface area contributed by atoms with Gasteiger partial charge in [0, 0.05) is 25.3 Å². The van der Waals surface area contributed by atoms with Crippen LogP contribution in [-0.4, -0.2) is 37.4 Å². The fraction of sp³-hybridized carbons (Fsp3) is 0.263. The van der Waals surface area contributed by atoms with Crippen LogP contribution in [0.15, 0.2) is 42.5 Å². The molecule has 126 valence electrons. The molecular weight excluding hydrogens is 304 g/mol. The molecule has 0 aliphatic heterocycles. The van der Waals surface area contributed by atoms with E-state index >= 15 is 0 Å². The molecule has 0 aromatic heterocycles. The average Bonchev–Trinajstić information content (AvgIpc) is 2.53. The molecule has 5 nitrogen and oxygen atoms in total. The molecule has 0 heterocycles. The van der Waals surface area contributed by atoms with Crippen molar-refractivity contribution in [1.29, 1.82) is 0 Å². The van der Waals surface area contributed by atoms with Gasteiger partial charge in [0.25, 0.3) is 11.8 Å². The van der Waals surface area contributed by atoms with Crippen LogP contribution in [0.3, 0.4) is 0 Å². The van der Waals surface area contributed by atoms with Gasteiger partial charge in [-0.05, 0) is 49.2 Å². The summed E-state index contributed by atoms with van der Waals surface area (Å²) in [5.74, 6) is 0.176. The number of rotatable bonds is 5. The molecular formula is C19H22N2O3. The number of anilines is 1. The molecule has 5 heteroatoms. The Morgan fingerprint density at radius 3 is 2.50 bits per heavy atom. The van der Waals surface area contributed by atoms with Crippen molar-refractivity contribution in [1.82, 2.24) is 4.90 Å². The minimum absolute atomic E-state index is 0.107. The van der Waals surface area contributed by atoms with E-state index in [1.165, 1.54) is 4.90 Å². The summed E-state index contributed by atoms with van der Waals surface area (Å²) in [7, 11) is 3.38. The minimum atomic E-state index is -0.246. The lowest BCUT2D eigenvalue weighted by Gasteiger charge is -2.14. The summed E-state index contributed by atoms with van der Waals surface area (Å²) >= 11 is 0. The number of benzene rings is 2. The van der Waals surface area contributed by atoms with Crippen LogP contribution in [-0.2, 0) is 4.79 Å². The first-order valence-corrected chi connectivity index (χ1v) is 7.68. The van der Waals surface area contributed by atoms with E-state index < -0.39 is 0 Å². The maximum absolute atomic E-state index is 12.0. The van der Waals surface area contributed by atoms with Crippen LogP contribution >= 0.6 is 0 Å². The summed E-state index contributed by atoms with van der Waals surface area (Å²) < 4.78 is 5.59. The first-order chi connectivity index (χ1) is 11.4. The van der Waals surface area contributed by atoms with Crippen LogP contribution in [0.25, 0.3) is 0 Å². The van der Waals surface area contributed by atoms with E-state index in [0.29, 0.717) is 11.3 Å². The van der Waals surface area contributed by atoms with E-state index in [0.717, 1.165) is 16.8 Å². The normalized spacial score (nSPS) is 10.2. The SMILES string of the molecule is Cc1cccc(NC(=O)COc2cc(C(=O)N(C)C)ccc2C)c1. The zero-order valence-corrected chi connectivity index (χ0v) is 14.4. The van der Waals surface area contributed by atoms with Gasteiger partial charge in [-0.1, -0.05) is 18.2 Å². The van der Waals surface area contributed by atoms with Crippen LogP contribution in [0, 0.1) is 13.8 Å². The number of carbonyl (C=O) groups is 2. The zero-order chi connectivity index (χ0) is 17.7. The molecule has 0 radical (unpaired) electrons. The van der Waals surface area contributed by atoms with Crippen LogP contribution in [0.2, 0.25) is 0 Å². The van der Waals surface area contributed by atoms with Crippen molar-refractivity contribution < 1.29 is 14.3 Å². The molecule has 0 aliphatic carbocycles. The second-order valence-corrected chi connectivity index (χ2v) is 5.89. The van der Waals surface area contributed by atoms with E-state index in [2.05, 4.69) is 5.32 Å². The predicted octanol–water partition coefficient (Wildman–Crippen LogP) is 3.02. The van der Waals surface area contributed by atoms with Gasteiger partial charge in [0.05, 0.1) is 0 Å². The summed E-state index contributed by atoms with van der Waals surface area (Å²) in [5.41, 5.74) is 3.20. The van der Waals surface area contributed by atoms with E-state index in [4.69, 9.17) is 4.74 Å². The zero-order valence-electron chi connectivity index (χ0n) is 14.4. The lowest BCUT2D eigenvalue weighted by atomic mass is 10.1. The van der Waals surface area contributed by atoms with Gasteiger partial charge < -0.3 is 15.0 Å². The number of nitrogens with one attached hydrogen (secondary N) is 1. The number of hydrogen-bond acceptors (Lipinski definition) is 3. The fourth-order valence-corrected chi connectivity index (χ4v) is 2.21. The molecule has 0 bridgehead atoms. The van der Waals surface area contributed by atoms with Crippen LogP contribution < -0.4 is 10.1 Å². The highest BCUT2D eigenvalue weighted by molar-refractivity contribution is 5.94. The number of hydrogen-bond donors (Lipinski definition) is 1. The molecule has 2 rings (SSSR count). The Labute approximate surface area is 142 Å². The van der Waals surface area contributed by atoms with Crippen molar-refractivity contribution in [3.63, 3.8) is 0 Å². The lowest BCUT2D eigenvalue weighted by molar-refractivity contribution is -0.118. The van der Waals surface area contributed by atoms with Gasteiger partial charge in [-0.15, -0.1) is 0 Å². The molecule has 0 saturated carbocycles. The Kier molecular flexibility index (Phi) is 5.58. The number of nitrogens with zero attached hydrogens (tertiary/aromatic N) is 1. The molecule has 24 heavy (non-hydrogen) atoms. The summed E-state index contributed by atoms with van der Waals surface area (Å²) in [6.07, 6.45) is 0. The van der Waals surface area contributed by atoms with Gasteiger partial charge in [-0.3, -0.25) is 9.59 Å². The molecule has 2 aromatic carbocycles. The maximum atomic E-state index is 12.0. The molecule has 0 unspecified atom stereocenters. The molecule has 1 N–H and O–H groups in total. The Morgan fingerprint density at radius 1 is 1.08 bits per heavy atom. The van der Waals surface area contributed by atoms with Gasteiger partial charge in [-0.25, -0.2) is 0 Å². The summed E-state index contributed by atoms with van der Waals surface area (Å²) in [6.45, 7) is 3.72. The number of amides is 2. The molecule has 2 amide bonds. The largest absolute Gasteiger partial charge is 0.483 e. The smallest absolute Gasteiger partial charge is 0.262 e. The van der Waals surface area contributed by atoms with Crippen molar-refractivity contribution in [2.24, 2.45) is 0 Å². The molecule has 0 aliphatic rings. The lowest BCUT2D eigenvalue weighted by Crippen LogP contribution is -2.22. The first-order valence-electron chi connectivity index (χ1n) is 7.68. The van der Waals surface area contributed by atoms with E-state index in [1.807, 2.05) is 44.2 Å². The van der Waals surface area contributed by atoms with Crippen molar-refractivity contribution >= 4 is 17.5 Å². The number of ether oxygens (including phenoxy) is 1. The predicted molar refractivity (Wildman–Crippen MR) is 94.5 cm³/mol. The molecule has 0 spiro atoms. The first kappa shape index (κ1) is 17.5. The van der Waals surface area contributed by atoms with Crippen molar-refractivity contribution in [2.75, 3.05) is 26.0 Å². The van der Waals surface area contributed by atoms with Gasteiger partial charge in [-0.2, -0.15) is 0 Å². The summed E-state index contributed by atoms with van der Waals surface area (Å²) in [4.78, 5) is 25.5. The van der Waals surface area contributed by atoms with Crippen molar-refractivity contribution in [3.05, 3.63) is 59.2 Å². The standard InChI is InChI=1S/C19H22N2O3/c1-13-6-5-7-16(10-13)20-18(22)12-24-17-11-15(9-8-14(17)2)19(23)21(3)4/h5-11H,12H2,1-4H3,(H,20,22). The third kappa shape index (κ3) is 4.59. The fourth-order valence-electron chi connectivity index (χ4n) is 2.21. The van der Waals surface area contributed by atoms with E-state index in [1.54, 1.807) is 26.2 Å². The number of carbonyl (C=O) groups excluding carboxylic acids is 2. The Hall–Kier alpha value is -2.82. The third-order valence-electron chi connectivity index (χ3n) is 3.50. The van der Waals surface area contributed by atoms with Crippen LogP contribution in [0.1, 0.15) is 21.5 Å². The monoisotopic (exact) mass is 326 g/mol. The highest BCUT2D eigenvalue weighted by Gasteiger charge is 2.12. The molecule has 0 atom stereocenters. The average molecular weight is 326 g/mol. The number of aryl methyl sites for hydroxylation is 2. The Morgan fingerprint density at radius 2 is 1.83 bits per heavy atom. The summed E-state index contributed by atoms with van der Waals surface area (Å²) in [5, 5.41) is 2.79. The van der Waals surface area contributed by atoms with Gasteiger partial charge in [0.15, 0.2) is 6.61 Å². The van der Waals surface area contributed by atoms with E-state index in [-0.39, 0.29) is 18.4 Å². The third-order valence-corrected chi connectivity index (χ3v) is 3.50. The minimum Gasteiger partial charge on any atom is -0.483 e. The van der Waals surface area contributed by atoms with Crippen LogP contribution in [0.5, 0.6) is 5.75 Å². The highest BCUT2D eigenvalue weighted by atomic mass is 16.5. The van der Waals surface area contributed by atoms with Crippen molar-refractivity contribution in [2.45, 2.75) is 13.8 Å². The van der Waals surface area contributed by atoms with Gasteiger partial charge in [0.1, 0.15) is 5.75 Å². The van der Waals surface area contributed by atoms with Gasteiger partial charge >= 0.3 is 0 Å². The Balaban J connectivity index is 2.02. The summed E-state index contributed by atoms with van der Waals surface area (Å²) in [6, 6.07) is 12.8. The second kappa shape index (κ2) is 7.64. The maximum Gasteiger partial charge on any atom is 0.262 e. The quantitative estimate of drug-likeness (QED) is 0.919. The van der Waals surface area contributed by atoms with E-state index in [9.17, 15) is 9.59 Å². The molecule has 2 aromatic rings. The topological polar surface area (TPSA) is 58.6 Å². The van der Waals surface area contributed by atoms with Crippen LogP contribution in [0.4, 0.5) is 5.69 Å². The molecule has 0 fully saturated rings. The molecule has 0 saturated heterocycles. The highest BCUT2D eigenvalue weighted by Crippen LogP contribution is 2.20. The Bertz CT molecular complexity index is 754. The van der Waals surface area contributed by atoms with Gasteiger partial charge in [0.2, 0.25) is 0 Å². The second-order valence-electron chi connectivity index (χ2n) is 5.89.